The minimum absolute atomic E-state index is 0.102. The van der Waals surface area contributed by atoms with E-state index < -0.39 is 30.4 Å². The van der Waals surface area contributed by atoms with E-state index in [9.17, 15) is 23.1 Å². The van der Waals surface area contributed by atoms with Gasteiger partial charge >= 0.3 is 6.18 Å². The molecule has 0 saturated heterocycles. The van der Waals surface area contributed by atoms with Gasteiger partial charge in [-0.05, 0) is 31.2 Å². The molecule has 0 fully saturated rings. The maximum Gasteiger partial charge on any atom is 0.416 e. The predicted octanol–water partition coefficient (Wildman–Crippen LogP) is 2.89. The Labute approximate surface area is 174 Å². The van der Waals surface area contributed by atoms with Crippen molar-refractivity contribution in [3.8, 4) is 11.3 Å². The molecular weight excluding hydrogens is 417 g/mol. The Balaban J connectivity index is 1.68. The SMILES string of the molecule is Cc1nc(Nc2ccc(C(=O)NC[C@@H](O)CO)nc2)oc1-c1ccc(C(F)(F)F)cc1. The van der Waals surface area contributed by atoms with Gasteiger partial charge in [0.15, 0.2) is 5.76 Å². The highest BCUT2D eigenvalue weighted by Crippen LogP contribution is 2.33. The van der Waals surface area contributed by atoms with Crippen molar-refractivity contribution in [2.75, 3.05) is 18.5 Å². The Morgan fingerprint density at radius 3 is 2.48 bits per heavy atom. The van der Waals surface area contributed by atoms with Crippen LogP contribution in [0.2, 0.25) is 0 Å². The largest absolute Gasteiger partial charge is 0.423 e. The van der Waals surface area contributed by atoms with Gasteiger partial charge in [-0.1, -0.05) is 12.1 Å². The minimum atomic E-state index is -4.42. The fourth-order valence-corrected chi connectivity index (χ4v) is 2.62. The second-order valence-corrected chi connectivity index (χ2v) is 6.61. The molecule has 164 valence electrons. The number of amides is 1. The first kappa shape index (κ1) is 22.2. The van der Waals surface area contributed by atoms with Gasteiger partial charge in [-0.2, -0.15) is 18.2 Å². The lowest BCUT2D eigenvalue weighted by Crippen LogP contribution is -2.34. The van der Waals surface area contributed by atoms with Crippen LogP contribution in [-0.4, -0.2) is 45.3 Å². The Bertz CT molecular complexity index is 1030. The van der Waals surface area contributed by atoms with E-state index in [1.54, 1.807) is 13.0 Å². The van der Waals surface area contributed by atoms with Gasteiger partial charge in [0.1, 0.15) is 5.69 Å². The van der Waals surface area contributed by atoms with E-state index in [1.807, 2.05) is 0 Å². The lowest BCUT2D eigenvalue weighted by molar-refractivity contribution is -0.137. The van der Waals surface area contributed by atoms with E-state index >= 15 is 0 Å². The second-order valence-electron chi connectivity index (χ2n) is 6.61. The number of pyridine rings is 1. The fourth-order valence-electron chi connectivity index (χ4n) is 2.62. The van der Waals surface area contributed by atoms with Gasteiger partial charge in [-0.15, -0.1) is 0 Å². The van der Waals surface area contributed by atoms with E-state index in [-0.39, 0.29) is 18.3 Å². The number of carbonyl (C=O) groups excluding carboxylic acids is 1. The number of nitrogens with zero attached hydrogens (tertiary/aromatic N) is 2. The van der Waals surface area contributed by atoms with Crippen LogP contribution in [0.3, 0.4) is 0 Å². The van der Waals surface area contributed by atoms with Gasteiger partial charge < -0.3 is 25.3 Å². The summed E-state index contributed by atoms with van der Waals surface area (Å²) in [5.74, 6) is -0.196. The first-order valence-electron chi connectivity index (χ1n) is 9.12. The lowest BCUT2D eigenvalue weighted by Gasteiger charge is -2.09. The summed E-state index contributed by atoms with van der Waals surface area (Å²) in [6.07, 6.45) is -4.11. The molecule has 0 radical (unpaired) electrons. The van der Waals surface area contributed by atoms with Crippen molar-refractivity contribution in [1.29, 1.82) is 0 Å². The number of aryl methyl sites for hydroxylation is 1. The molecule has 31 heavy (non-hydrogen) atoms. The Kier molecular flexibility index (Phi) is 6.56. The van der Waals surface area contributed by atoms with Crippen LogP contribution in [0.25, 0.3) is 11.3 Å². The second kappa shape index (κ2) is 9.14. The maximum absolute atomic E-state index is 12.7. The van der Waals surface area contributed by atoms with Crippen LogP contribution in [0.1, 0.15) is 21.7 Å². The summed E-state index contributed by atoms with van der Waals surface area (Å²) < 4.78 is 43.8. The molecule has 2 heterocycles. The highest BCUT2D eigenvalue weighted by atomic mass is 19.4. The van der Waals surface area contributed by atoms with Crippen LogP contribution in [0, 0.1) is 6.92 Å². The molecule has 0 bridgehead atoms. The molecule has 2 aromatic heterocycles. The molecule has 0 unspecified atom stereocenters. The molecule has 0 aliphatic carbocycles. The average Bonchev–Trinajstić information content (AvgIpc) is 3.11. The zero-order chi connectivity index (χ0) is 22.6. The van der Waals surface area contributed by atoms with Crippen LogP contribution < -0.4 is 10.6 Å². The van der Waals surface area contributed by atoms with Gasteiger partial charge in [-0.25, -0.2) is 4.98 Å². The van der Waals surface area contributed by atoms with Crippen molar-refractivity contribution < 1.29 is 32.6 Å². The number of nitrogens with one attached hydrogen (secondary N) is 2. The number of benzene rings is 1. The summed E-state index contributed by atoms with van der Waals surface area (Å²) in [5.41, 5.74) is 0.736. The summed E-state index contributed by atoms with van der Waals surface area (Å²) in [4.78, 5) is 20.2. The number of hydrogen-bond acceptors (Lipinski definition) is 7. The number of alkyl halides is 3. The van der Waals surface area contributed by atoms with Gasteiger partial charge in [0.25, 0.3) is 11.9 Å². The quantitative estimate of drug-likeness (QED) is 0.449. The number of anilines is 2. The molecule has 11 heteroatoms. The van der Waals surface area contributed by atoms with Crippen molar-refractivity contribution in [1.82, 2.24) is 15.3 Å². The monoisotopic (exact) mass is 436 g/mol. The Hall–Kier alpha value is -3.44. The average molecular weight is 436 g/mol. The molecule has 0 aliphatic heterocycles. The summed E-state index contributed by atoms with van der Waals surface area (Å²) in [5, 5.41) is 23.3. The Morgan fingerprint density at radius 1 is 1.19 bits per heavy atom. The Morgan fingerprint density at radius 2 is 1.90 bits per heavy atom. The molecule has 0 aliphatic rings. The van der Waals surface area contributed by atoms with Crippen molar-refractivity contribution in [2.45, 2.75) is 19.2 Å². The molecule has 0 saturated carbocycles. The first-order chi connectivity index (χ1) is 14.7. The summed E-state index contributed by atoms with van der Waals surface area (Å²) in [7, 11) is 0. The van der Waals surface area contributed by atoms with Gasteiger partial charge in [0.2, 0.25) is 0 Å². The highest BCUT2D eigenvalue weighted by molar-refractivity contribution is 5.92. The topological polar surface area (TPSA) is 121 Å². The number of aliphatic hydroxyl groups is 2. The lowest BCUT2D eigenvalue weighted by atomic mass is 10.1. The minimum Gasteiger partial charge on any atom is -0.423 e. The molecular formula is C20H19F3N4O4. The van der Waals surface area contributed by atoms with Crippen LogP contribution >= 0.6 is 0 Å². The van der Waals surface area contributed by atoms with E-state index in [1.165, 1.54) is 24.4 Å². The fraction of sp³-hybridized carbons (Fsp3) is 0.250. The highest BCUT2D eigenvalue weighted by Gasteiger charge is 2.30. The van der Waals surface area contributed by atoms with Crippen molar-refractivity contribution >= 4 is 17.6 Å². The third kappa shape index (κ3) is 5.58. The molecule has 1 amide bonds. The number of carbonyl (C=O) groups is 1. The van der Waals surface area contributed by atoms with E-state index in [2.05, 4.69) is 20.6 Å². The van der Waals surface area contributed by atoms with Crippen molar-refractivity contribution in [3.05, 3.63) is 59.5 Å². The van der Waals surface area contributed by atoms with Crippen LogP contribution in [-0.2, 0) is 6.18 Å². The number of oxazole rings is 1. The third-order valence-electron chi connectivity index (χ3n) is 4.23. The number of rotatable bonds is 7. The molecule has 0 spiro atoms. The molecule has 4 N–H and O–H groups in total. The third-order valence-corrected chi connectivity index (χ3v) is 4.23. The van der Waals surface area contributed by atoms with E-state index in [4.69, 9.17) is 9.52 Å². The summed E-state index contributed by atoms with van der Waals surface area (Å²) >= 11 is 0. The smallest absolute Gasteiger partial charge is 0.416 e. The molecule has 1 aromatic carbocycles. The van der Waals surface area contributed by atoms with Crippen LogP contribution in [0.4, 0.5) is 24.9 Å². The number of hydrogen-bond donors (Lipinski definition) is 4. The zero-order valence-electron chi connectivity index (χ0n) is 16.3. The van der Waals surface area contributed by atoms with Crippen LogP contribution in [0.5, 0.6) is 0 Å². The number of aliphatic hydroxyl groups excluding tert-OH is 2. The molecule has 8 nitrogen and oxygen atoms in total. The van der Waals surface area contributed by atoms with Crippen molar-refractivity contribution in [3.63, 3.8) is 0 Å². The van der Waals surface area contributed by atoms with E-state index in [0.29, 0.717) is 22.7 Å². The van der Waals surface area contributed by atoms with Crippen molar-refractivity contribution in [2.24, 2.45) is 0 Å². The summed E-state index contributed by atoms with van der Waals surface area (Å²) in [6.45, 7) is 1.08. The zero-order valence-corrected chi connectivity index (χ0v) is 16.3. The van der Waals surface area contributed by atoms with E-state index in [0.717, 1.165) is 12.1 Å². The van der Waals surface area contributed by atoms with Gasteiger partial charge in [0, 0.05) is 12.1 Å². The van der Waals surface area contributed by atoms with Gasteiger partial charge in [-0.3, -0.25) is 4.79 Å². The predicted molar refractivity (Wildman–Crippen MR) is 105 cm³/mol. The molecule has 3 rings (SSSR count). The first-order valence-corrected chi connectivity index (χ1v) is 9.12. The van der Waals surface area contributed by atoms with Gasteiger partial charge in [0.05, 0.1) is 35.9 Å². The summed E-state index contributed by atoms with van der Waals surface area (Å²) in [6, 6.07) is 7.66. The maximum atomic E-state index is 12.7. The molecule has 3 aromatic rings. The number of aromatic nitrogens is 2. The molecule has 1 atom stereocenters. The normalized spacial score (nSPS) is 12.5. The standard InChI is InChI=1S/C20H19F3N4O4/c1-11-17(12-2-4-13(5-3-12)20(21,22)23)31-19(26-11)27-14-6-7-16(24-8-14)18(30)25-9-15(29)10-28/h2-8,15,28-29H,9-10H2,1H3,(H,25,30)(H,26,27)/t15-/m1/s1. The van der Waals surface area contributed by atoms with Crippen LogP contribution in [0.15, 0.2) is 47.0 Å². The number of halogens is 3.